The van der Waals surface area contributed by atoms with E-state index in [9.17, 15) is 16.8 Å². The van der Waals surface area contributed by atoms with Gasteiger partial charge < -0.3 is 5.73 Å². The minimum Gasteiger partial charge on any atom is -0.329 e. The van der Waals surface area contributed by atoms with Crippen molar-refractivity contribution in [2.75, 3.05) is 19.6 Å². The van der Waals surface area contributed by atoms with E-state index < -0.39 is 20.0 Å². The molecule has 0 unspecified atom stereocenters. The molecule has 0 aliphatic heterocycles. The summed E-state index contributed by atoms with van der Waals surface area (Å²) in [5.74, 6) is 0. The Hall–Kier alpha value is -2.17. The van der Waals surface area contributed by atoms with E-state index in [0.29, 0.717) is 5.39 Å². The lowest BCUT2D eigenvalue weighted by Crippen LogP contribution is -2.35. The average molecular weight is 454 g/mol. The summed E-state index contributed by atoms with van der Waals surface area (Å²) < 4.78 is 54.4. The molecule has 0 aliphatic rings. The first-order chi connectivity index (χ1) is 13.7. The zero-order valence-electron chi connectivity index (χ0n) is 15.4. The van der Waals surface area contributed by atoms with Crippen LogP contribution in [0.25, 0.3) is 10.9 Å². The first-order valence-corrected chi connectivity index (χ1v) is 11.9. The number of sulfonamides is 1. The lowest BCUT2D eigenvalue weighted by atomic mass is 10.2. The van der Waals surface area contributed by atoms with Gasteiger partial charge in [0.15, 0.2) is 0 Å². The van der Waals surface area contributed by atoms with Gasteiger partial charge in [0.05, 0.1) is 20.3 Å². The molecule has 0 bridgehead atoms. The molecule has 1 aromatic heterocycles. The maximum Gasteiger partial charge on any atom is 0.268 e. The number of fused-ring (bicyclic) bond motifs is 1. The molecule has 0 amide bonds. The van der Waals surface area contributed by atoms with E-state index in [1.54, 1.807) is 18.2 Å². The van der Waals surface area contributed by atoms with Crippen LogP contribution in [0.5, 0.6) is 0 Å². The Kier molecular flexibility index (Phi) is 6.16. The Balaban J connectivity index is 2.20. The largest absolute Gasteiger partial charge is 0.329 e. The van der Waals surface area contributed by atoms with Gasteiger partial charge in [0, 0.05) is 31.2 Å². The van der Waals surface area contributed by atoms with E-state index in [1.165, 1.54) is 46.9 Å². The zero-order chi connectivity index (χ0) is 21.2. The molecule has 0 radical (unpaired) electrons. The zero-order valence-corrected chi connectivity index (χ0v) is 17.8. The topological polar surface area (TPSA) is 102 Å². The Morgan fingerprint density at radius 3 is 2.38 bits per heavy atom. The SMILES string of the molecule is C=CCN(CCN)S(=O)(=O)c1ccc2c(Cl)cn(S(=O)(=O)c3ccccc3)c2c1. The predicted molar refractivity (Wildman–Crippen MR) is 114 cm³/mol. The fraction of sp³-hybridized carbons (Fsp3) is 0.158. The van der Waals surface area contributed by atoms with Crippen LogP contribution in [0, 0.1) is 0 Å². The van der Waals surface area contributed by atoms with E-state index in [1.807, 2.05) is 0 Å². The molecule has 0 spiro atoms. The molecule has 2 aromatic carbocycles. The summed E-state index contributed by atoms with van der Waals surface area (Å²) in [4.78, 5) is 0.0119. The first-order valence-electron chi connectivity index (χ1n) is 8.66. The number of aromatic nitrogens is 1. The van der Waals surface area contributed by atoms with Gasteiger partial charge in [0.2, 0.25) is 10.0 Å². The summed E-state index contributed by atoms with van der Waals surface area (Å²) in [5, 5.41) is 0.632. The lowest BCUT2D eigenvalue weighted by Gasteiger charge is -2.20. The highest BCUT2D eigenvalue weighted by Gasteiger charge is 2.26. The Bertz CT molecular complexity index is 1250. The van der Waals surface area contributed by atoms with Gasteiger partial charge in [-0.3, -0.25) is 0 Å². The standard InChI is InChI=1S/C19H20ClN3O4S2/c1-2-11-22(12-10-21)28(24,25)16-8-9-17-18(20)14-23(19(17)13-16)29(26,27)15-6-4-3-5-7-15/h2-9,13-14H,1,10-12,21H2. The molecular formula is C19H20ClN3O4S2. The molecule has 0 aliphatic carbocycles. The second-order valence-electron chi connectivity index (χ2n) is 6.21. The Morgan fingerprint density at radius 2 is 1.76 bits per heavy atom. The van der Waals surface area contributed by atoms with Crippen LogP contribution in [0.3, 0.4) is 0 Å². The molecule has 1 heterocycles. The summed E-state index contributed by atoms with van der Waals surface area (Å²) in [6, 6.07) is 12.0. The minimum atomic E-state index is -3.96. The molecule has 0 fully saturated rings. The van der Waals surface area contributed by atoms with Gasteiger partial charge in [-0.25, -0.2) is 20.8 Å². The number of rotatable bonds is 8. The van der Waals surface area contributed by atoms with Crippen molar-refractivity contribution in [1.29, 1.82) is 0 Å². The van der Waals surface area contributed by atoms with Crippen molar-refractivity contribution in [2.45, 2.75) is 9.79 Å². The molecular weight excluding hydrogens is 434 g/mol. The quantitative estimate of drug-likeness (QED) is 0.528. The third-order valence-corrected chi connectivity index (χ3v) is 8.19. The van der Waals surface area contributed by atoms with Crippen molar-refractivity contribution >= 4 is 42.6 Å². The predicted octanol–water partition coefficient (Wildman–Crippen LogP) is 2.67. The van der Waals surface area contributed by atoms with E-state index in [0.717, 1.165) is 3.97 Å². The first kappa shape index (κ1) is 21.5. The van der Waals surface area contributed by atoms with Crippen LogP contribution in [0.1, 0.15) is 0 Å². The number of hydrogen-bond acceptors (Lipinski definition) is 5. The van der Waals surface area contributed by atoms with Crippen LogP contribution in [0.15, 0.2) is 77.2 Å². The van der Waals surface area contributed by atoms with Crippen molar-refractivity contribution < 1.29 is 16.8 Å². The van der Waals surface area contributed by atoms with Gasteiger partial charge in [-0.15, -0.1) is 6.58 Å². The lowest BCUT2D eigenvalue weighted by molar-refractivity contribution is 0.450. The number of benzene rings is 2. The van der Waals surface area contributed by atoms with Crippen LogP contribution in [0.2, 0.25) is 5.02 Å². The Morgan fingerprint density at radius 1 is 1.07 bits per heavy atom. The molecule has 0 saturated heterocycles. The third kappa shape index (κ3) is 3.96. The van der Waals surface area contributed by atoms with Crippen LogP contribution >= 0.6 is 11.6 Å². The van der Waals surface area contributed by atoms with E-state index >= 15 is 0 Å². The summed E-state index contributed by atoms with van der Waals surface area (Å²) in [7, 11) is -7.86. The molecule has 7 nitrogen and oxygen atoms in total. The number of halogens is 1. The molecule has 10 heteroatoms. The highest BCUT2D eigenvalue weighted by Crippen LogP contribution is 2.31. The fourth-order valence-electron chi connectivity index (χ4n) is 2.95. The second-order valence-corrected chi connectivity index (χ2v) is 10.4. The van der Waals surface area contributed by atoms with Gasteiger partial charge in [0.1, 0.15) is 0 Å². The maximum atomic E-state index is 13.1. The molecule has 154 valence electrons. The van der Waals surface area contributed by atoms with Gasteiger partial charge >= 0.3 is 0 Å². The van der Waals surface area contributed by atoms with Crippen molar-refractivity contribution in [3.63, 3.8) is 0 Å². The normalized spacial score (nSPS) is 12.5. The van der Waals surface area contributed by atoms with Gasteiger partial charge in [-0.05, 0) is 30.3 Å². The summed E-state index contributed by atoms with van der Waals surface area (Å²) >= 11 is 6.22. The van der Waals surface area contributed by atoms with Crippen molar-refractivity contribution in [3.8, 4) is 0 Å². The van der Waals surface area contributed by atoms with Crippen LogP contribution in [0.4, 0.5) is 0 Å². The summed E-state index contributed by atoms with van der Waals surface area (Å²) in [6.45, 7) is 3.91. The van der Waals surface area contributed by atoms with Crippen molar-refractivity contribution in [1.82, 2.24) is 8.28 Å². The molecule has 2 N–H and O–H groups in total. The highest BCUT2D eigenvalue weighted by molar-refractivity contribution is 7.90. The van der Waals surface area contributed by atoms with Crippen LogP contribution < -0.4 is 5.73 Å². The average Bonchev–Trinajstić information content (AvgIpc) is 3.05. The van der Waals surface area contributed by atoms with Gasteiger partial charge in [-0.2, -0.15) is 4.31 Å². The van der Waals surface area contributed by atoms with E-state index in [2.05, 4.69) is 6.58 Å². The van der Waals surface area contributed by atoms with E-state index in [4.69, 9.17) is 17.3 Å². The smallest absolute Gasteiger partial charge is 0.268 e. The molecule has 29 heavy (non-hydrogen) atoms. The number of nitrogens with zero attached hydrogens (tertiary/aromatic N) is 2. The van der Waals surface area contributed by atoms with Crippen molar-refractivity contribution in [2.24, 2.45) is 5.73 Å². The minimum absolute atomic E-state index is 0.0559. The van der Waals surface area contributed by atoms with Crippen LogP contribution in [-0.2, 0) is 20.0 Å². The summed E-state index contributed by atoms with van der Waals surface area (Å²) in [6.07, 6.45) is 2.73. The highest BCUT2D eigenvalue weighted by atomic mass is 35.5. The maximum absolute atomic E-state index is 13.1. The Labute approximate surface area is 175 Å². The molecule has 3 rings (SSSR count). The number of hydrogen-bond donors (Lipinski definition) is 1. The van der Waals surface area contributed by atoms with Gasteiger partial charge in [-0.1, -0.05) is 35.9 Å². The van der Waals surface area contributed by atoms with Crippen molar-refractivity contribution in [3.05, 3.63) is 72.4 Å². The molecule has 0 saturated carbocycles. The molecule has 3 aromatic rings. The monoisotopic (exact) mass is 453 g/mol. The fourth-order valence-corrected chi connectivity index (χ4v) is 6.09. The second kappa shape index (κ2) is 8.29. The third-order valence-electron chi connectivity index (χ3n) is 4.34. The van der Waals surface area contributed by atoms with Crippen LogP contribution in [-0.4, -0.2) is 44.7 Å². The number of nitrogens with two attached hydrogens (primary N) is 1. The van der Waals surface area contributed by atoms with Gasteiger partial charge in [0.25, 0.3) is 10.0 Å². The van der Waals surface area contributed by atoms with E-state index in [-0.39, 0.29) is 40.0 Å². The summed E-state index contributed by atoms with van der Waals surface area (Å²) in [5.41, 5.74) is 5.71. The molecule has 0 atom stereocenters.